The summed E-state index contributed by atoms with van der Waals surface area (Å²) in [6.45, 7) is 3.96. The Hall–Kier alpha value is -1.58. The van der Waals surface area contributed by atoms with Crippen molar-refractivity contribution in [3.05, 3.63) is 24.4 Å². The summed E-state index contributed by atoms with van der Waals surface area (Å²) in [4.78, 5) is 19.9. The number of nitrogens with zero attached hydrogens (tertiary/aromatic N) is 3. The molecule has 2 heterocycles. The van der Waals surface area contributed by atoms with Gasteiger partial charge in [-0.05, 0) is 30.9 Å². The maximum atomic E-state index is 12.2. The van der Waals surface area contributed by atoms with Gasteiger partial charge in [-0.15, -0.1) is 0 Å². The third-order valence-electron chi connectivity index (χ3n) is 3.33. The van der Waals surface area contributed by atoms with E-state index in [-0.39, 0.29) is 6.03 Å². The summed E-state index contributed by atoms with van der Waals surface area (Å²) in [5.41, 5.74) is 0. The van der Waals surface area contributed by atoms with Gasteiger partial charge in [0.1, 0.15) is 5.82 Å². The van der Waals surface area contributed by atoms with Gasteiger partial charge in [-0.25, -0.2) is 9.78 Å². The van der Waals surface area contributed by atoms with Gasteiger partial charge in [0, 0.05) is 26.3 Å². The Balaban J connectivity index is 2.00. The molecule has 0 unspecified atom stereocenters. The van der Waals surface area contributed by atoms with Crippen LogP contribution >= 0.6 is 0 Å². The van der Waals surface area contributed by atoms with Crippen LogP contribution in [0.15, 0.2) is 24.4 Å². The second-order valence-corrected chi connectivity index (χ2v) is 4.70. The first-order chi connectivity index (χ1) is 8.18. The molecular weight excluding hydrogens is 214 g/mol. The highest BCUT2D eigenvalue weighted by atomic mass is 16.2. The number of aromatic nitrogens is 1. The minimum Gasteiger partial charge on any atom is -0.324 e. The third-order valence-corrected chi connectivity index (χ3v) is 3.33. The van der Waals surface area contributed by atoms with E-state index in [1.54, 1.807) is 18.1 Å². The molecule has 2 amide bonds. The Labute approximate surface area is 102 Å². The van der Waals surface area contributed by atoms with E-state index in [1.165, 1.54) is 0 Å². The van der Waals surface area contributed by atoms with Crippen molar-refractivity contribution in [3.8, 4) is 0 Å². The van der Waals surface area contributed by atoms with E-state index in [0.29, 0.717) is 5.82 Å². The number of piperidine rings is 1. The number of hydrogen-bond donors (Lipinski definition) is 0. The second-order valence-electron chi connectivity index (χ2n) is 4.70. The molecule has 2 rings (SSSR count). The molecule has 0 bridgehead atoms. The number of pyridine rings is 1. The summed E-state index contributed by atoms with van der Waals surface area (Å²) in [5, 5.41) is 0. The van der Waals surface area contributed by atoms with Gasteiger partial charge in [0.05, 0.1) is 0 Å². The molecule has 1 aliphatic rings. The van der Waals surface area contributed by atoms with Crippen LogP contribution in [0, 0.1) is 5.92 Å². The summed E-state index contributed by atoms with van der Waals surface area (Å²) in [6, 6.07) is 5.65. The Morgan fingerprint density at radius 2 is 2.12 bits per heavy atom. The number of carbonyl (C=O) groups excluding carboxylic acids is 1. The summed E-state index contributed by atoms with van der Waals surface area (Å²) < 4.78 is 0. The lowest BCUT2D eigenvalue weighted by atomic mass is 10.00. The molecule has 0 saturated carbocycles. The molecule has 0 radical (unpaired) electrons. The highest BCUT2D eigenvalue weighted by molar-refractivity contribution is 5.90. The zero-order valence-electron chi connectivity index (χ0n) is 10.5. The molecule has 0 atom stereocenters. The van der Waals surface area contributed by atoms with Crippen LogP contribution in [0.3, 0.4) is 0 Å². The fourth-order valence-corrected chi connectivity index (χ4v) is 2.06. The van der Waals surface area contributed by atoms with Crippen LogP contribution < -0.4 is 4.90 Å². The molecule has 0 aliphatic carbocycles. The van der Waals surface area contributed by atoms with E-state index in [1.807, 2.05) is 23.1 Å². The molecule has 0 aromatic carbocycles. The minimum atomic E-state index is 0.0515. The first kappa shape index (κ1) is 11.9. The third kappa shape index (κ3) is 2.75. The fraction of sp³-hybridized carbons (Fsp3) is 0.538. The molecule has 92 valence electrons. The van der Waals surface area contributed by atoms with Crippen LogP contribution in [0.25, 0.3) is 0 Å². The molecule has 1 aromatic heterocycles. The summed E-state index contributed by atoms with van der Waals surface area (Å²) >= 11 is 0. The number of hydrogen-bond acceptors (Lipinski definition) is 2. The van der Waals surface area contributed by atoms with Crippen LogP contribution in [0.1, 0.15) is 19.8 Å². The number of rotatable bonds is 1. The molecule has 4 heteroatoms. The molecule has 1 aromatic rings. The Kier molecular flexibility index (Phi) is 3.61. The number of likely N-dealkylation sites (tertiary alicyclic amines) is 1. The first-order valence-electron chi connectivity index (χ1n) is 6.12. The fourth-order valence-electron chi connectivity index (χ4n) is 2.06. The summed E-state index contributed by atoms with van der Waals surface area (Å²) in [6.07, 6.45) is 3.90. The van der Waals surface area contributed by atoms with Crippen LogP contribution in [0.5, 0.6) is 0 Å². The van der Waals surface area contributed by atoms with E-state index in [2.05, 4.69) is 11.9 Å². The smallest absolute Gasteiger partial charge is 0.324 e. The van der Waals surface area contributed by atoms with Gasteiger partial charge in [0.15, 0.2) is 0 Å². The Morgan fingerprint density at radius 3 is 2.71 bits per heavy atom. The maximum absolute atomic E-state index is 12.2. The average molecular weight is 233 g/mol. The van der Waals surface area contributed by atoms with Crippen molar-refractivity contribution in [1.29, 1.82) is 0 Å². The van der Waals surface area contributed by atoms with Crippen molar-refractivity contribution in [2.24, 2.45) is 5.92 Å². The highest BCUT2D eigenvalue weighted by Gasteiger charge is 2.23. The molecular formula is C13H19N3O. The minimum absolute atomic E-state index is 0.0515. The van der Waals surface area contributed by atoms with Gasteiger partial charge < -0.3 is 4.90 Å². The van der Waals surface area contributed by atoms with Crippen LogP contribution in [-0.2, 0) is 0 Å². The van der Waals surface area contributed by atoms with E-state index in [9.17, 15) is 4.79 Å². The number of carbonyl (C=O) groups is 1. The maximum Gasteiger partial charge on any atom is 0.325 e. The Morgan fingerprint density at radius 1 is 1.41 bits per heavy atom. The van der Waals surface area contributed by atoms with E-state index in [0.717, 1.165) is 31.8 Å². The van der Waals surface area contributed by atoms with Gasteiger partial charge in [0.2, 0.25) is 0 Å². The molecule has 4 nitrogen and oxygen atoms in total. The number of urea groups is 1. The first-order valence-corrected chi connectivity index (χ1v) is 6.12. The molecule has 0 spiro atoms. The predicted molar refractivity (Wildman–Crippen MR) is 68.0 cm³/mol. The monoisotopic (exact) mass is 233 g/mol. The SMILES string of the molecule is CC1CCN(C(=O)N(C)c2ccccn2)CC1. The molecule has 1 fully saturated rings. The molecule has 0 N–H and O–H groups in total. The van der Waals surface area contributed by atoms with Gasteiger partial charge in [-0.2, -0.15) is 0 Å². The van der Waals surface area contributed by atoms with Gasteiger partial charge >= 0.3 is 6.03 Å². The van der Waals surface area contributed by atoms with Crippen molar-refractivity contribution in [2.45, 2.75) is 19.8 Å². The van der Waals surface area contributed by atoms with Gasteiger partial charge in [0.25, 0.3) is 0 Å². The molecule has 1 aliphatic heterocycles. The van der Waals surface area contributed by atoms with E-state index < -0.39 is 0 Å². The van der Waals surface area contributed by atoms with Gasteiger partial charge in [-0.1, -0.05) is 13.0 Å². The van der Waals surface area contributed by atoms with Crippen LogP contribution in [0.4, 0.5) is 10.6 Å². The second kappa shape index (κ2) is 5.17. The van der Waals surface area contributed by atoms with Crippen molar-refractivity contribution < 1.29 is 4.79 Å². The Bertz CT molecular complexity index is 372. The van der Waals surface area contributed by atoms with Crippen molar-refractivity contribution in [2.75, 3.05) is 25.0 Å². The lowest BCUT2D eigenvalue weighted by Crippen LogP contribution is -2.45. The van der Waals surface area contributed by atoms with E-state index >= 15 is 0 Å². The van der Waals surface area contributed by atoms with E-state index in [4.69, 9.17) is 0 Å². The molecule has 1 saturated heterocycles. The zero-order valence-corrected chi connectivity index (χ0v) is 10.5. The largest absolute Gasteiger partial charge is 0.325 e. The quantitative estimate of drug-likeness (QED) is 0.746. The topological polar surface area (TPSA) is 36.4 Å². The lowest BCUT2D eigenvalue weighted by molar-refractivity contribution is 0.181. The standard InChI is InChI=1S/C13H19N3O/c1-11-6-9-16(10-7-11)13(17)15(2)12-5-3-4-8-14-12/h3-5,8,11H,6-7,9-10H2,1-2H3. The highest BCUT2D eigenvalue weighted by Crippen LogP contribution is 2.18. The van der Waals surface area contributed by atoms with Crippen molar-refractivity contribution in [3.63, 3.8) is 0 Å². The normalized spacial score (nSPS) is 16.9. The number of anilines is 1. The lowest BCUT2D eigenvalue weighted by Gasteiger charge is -2.33. The van der Waals surface area contributed by atoms with Crippen molar-refractivity contribution >= 4 is 11.8 Å². The van der Waals surface area contributed by atoms with Gasteiger partial charge in [-0.3, -0.25) is 4.90 Å². The molecule has 17 heavy (non-hydrogen) atoms. The zero-order chi connectivity index (χ0) is 12.3. The summed E-state index contributed by atoms with van der Waals surface area (Å²) in [7, 11) is 1.78. The summed E-state index contributed by atoms with van der Waals surface area (Å²) in [5.74, 6) is 1.44. The predicted octanol–water partition coefficient (Wildman–Crippen LogP) is 2.37. The van der Waals surface area contributed by atoms with Crippen LogP contribution in [-0.4, -0.2) is 36.1 Å². The van der Waals surface area contributed by atoms with Crippen LogP contribution in [0.2, 0.25) is 0 Å². The average Bonchev–Trinajstić information content (AvgIpc) is 2.39. The number of amides is 2. The van der Waals surface area contributed by atoms with Crippen molar-refractivity contribution in [1.82, 2.24) is 9.88 Å².